The standard InChI is InChI=1S/C65H116O8S4/c1-9-13-17-21-25-29-33-37-41-45-49-74-57(5)61(66)70-53-65(54-71-62(67)58(6)75-50-46-42-38-34-30-26-22-18-14-10-2,55-72-63(68)59(7)76-51-47-43-39-35-31-27-23-19-15-11-3)56-73-64(69)60(8)77-52-48-44-40-36-32-28-24-20-16-12-4/h5-56H2,1-4H3. The number of carbonyl (C=O) groups is 4. The summed E-state index contributed by atoms with van der Waals surface area (Å²) >= 11 is 5.46. The molecule has 0 saturated carbocycles. The van der Waals surface area contributed by atoms with Crippen LogP contribution < -0.4 is 0 Å². The zero-order valence-corrected chi connectivity index (χ0v) is 53.4. The lowest BCUT2D eigenvalue weighted by Crippen LogP contribution is -2.44. The maximum atomic E-state index is 13.6. The van der Waals surface area contributed by atoms with Gasteiger partial charge in [-0.05, 0) is 48.7 Å². The molecule has 0 aliphatic rings. The summed E-state index contributed by atoms with van der Waals surface area (Å²) in [5.41, 5.74) is -1.46. The van der Waals surface area contributed by atoms with Gasteiger partial charge in [0.25, 0.3) is 0 Å². The molecule has 0 aliphatic heterocycles. The van der Waals surface area contributed by atoms with Gasteiger partial charge in [0.15, 0.2) is 0 Å². The summed E-state index contributed by atoms with van der Waals surface area (Å²) in [5.74, 6) is 0.440. The molecule has 0 radical (unpaired) electrons. The van der Waals surface area contributed by atoms with Crippen molar-refractivity contribution in [3.05, 3.63) is 45.9 Å². The van der Waals surface area contributed by atoms with Gasteiger partial charge >= 0.3 is 23.9 Å². The average molecular weight is 1150 g/mol. The Hall–Kier alpha value is -1.76. The first-order chi connectivity index (χ1) is 37.5. The van der Waals surface area contributed by atoms with Crippen LogP contribution in [-0.4, -0.2) is 73.3 Å². The normalized spacial score (nSPS) is 11.4. The number of carbonyl (C=O) groups excluding carboxylic acids is 4. The smallest absolute Gasteiger partial charge is 0.344 e. The zero-order chi connectivity index (χ0) is 56.7. The maximum absolute atomic E-state index is 13.6. The molecule has 0 heterocycles. The molecule has 0 aromatic carbocycles. The number of hydrogen-bond acceptors (Lipinski definition) is 12. The number of unbranched alkanes of at least 4 members (excludes halogenated alkanes) is 36. The minimum atomic E-state index is -1.46. The fraction of sp³-hybridized carbons (Fsp3) is 0.815. The SMILES string of the molecule is C=C(SCCCCCCCCCCCC)C(=O)OCC(COC(=O)C(=C)SCCCCCCCCCCCC)(COC(=O)C(=C)SCCCCCCCCCCCC)COC(=O)C(=C)SCCCCCCCCCCCC. The average Bonchev–Trinajstić information content (AvgIpc) is 3.43. The Kier molecular flexibility index (Phi) is 54.8. The lowest BCUT2D eigenvalue weighted by Gasteiger charge is -2.32. The third-order valence-electron chi connectivity index (χ3n) is 14.0. The number of rotatable bonds is 60. The van der Waals surface area contributed by atoms with E-state index >= 15 is 0 Å². The highest BCUT2D eigenvalue weighted by molar-refractivity contribution is 8.04. The summed E-state index contributed by atoms with van der Waals surface area (Å²) in [7, 11) is 0. The molecule has 8 nitrogen and oxygen atoms in total. The second kappa shape index (κ2) is 56.1. The topological polar surface area (TPSA) is 105 Å². The van der Waals surface area contributed by atoms with E-state index in [4.69, 9.17) is 18.9 Å². The van der Waals surface area contributed by atoms with E-state index in [1.807, 2.05) is 0 Å². The van der Waals surface area contributed by atoms with E-state index in [-0.39, 0.29) is 46.0 Å². The quantitative estimate of drug-likeness (QED) is 0.0251. The van der Waals surface area contributed by atoms with Crippen molar-refractivity contribution in [2.24, 2.45) is 5.41 Å². The molecule has 0 rings (SSSR count). The van der Waals surface area contributed by atoms with Crippen LogP contribution in [0.3, 0.4) is 0 Å². The second-order valence-electron chi connectivity index (χ2n) is 21.6. The third kappa shape index (κ3) is 47.6. The molecule has 448 valence electrons. The second-order valence-corrected chi connectivity index (χ2v) is 26.4. The van der Waals surface area contributed by atoms with Crippen LogP contribution in [-0.2, 0) is 38.1 Å². The van der Waals surface area contributed by atoms with Crippen LogP contribution in [0, 0.1) is 5.41 Å². The van der Waals surface area contributed by atoms with Crippen LogP contribution in [0.15, 0.2) is 45.9 Å². The third-order valence-corrected chi connectivity index (χ3v) is 18.1. The Labute approximate surface area is 491 Å². The minimum absolute atomic E-state index is 0.256. The summed E-state index contributed by atoms with van der Waals surface area (Å²) in [5, 5.41) is 0. The van der Waals surface area contributed by atoms with Gasteiger partial charge < -0.3 is 18.9 Å². The molecule has 0 unspecified atom stereocenters. The van der Waals surface area contributed by atoms with Crippen LogP contribution in [0.4, 0.5) is 0 Å². The molecule has 12 heteroatoms. The lowest BCUT2D eigenvalue weighted by molar-refractivity contribution is -0.164. The summed E-state index contributed by atoms with van der Waals surface area (Å²) in [4.78, 5) is 55.3. The van der Waals surface area contributed by atoms with E-state index in [1.165, 1.54) is 253 Å². The van der Waals surface area contributed by atoms with E-state index in [9.17, 15) is 19.2 Å². The highest BCUT2D eigenvalue weighted by atomic mass is 32.2. The molecule has 0 N–H and O–H groups in total. The van der Waals surface area contributed by atoms with E-state index in [0.717, 1.165) is 74.4 Å². The molecular weight excluding hydrogens is 1040 g/mol. The maximum Gasteiger partial charge on any atom is 0.344 e. The first-order valence-corrected chi connectivity index (χ1v) is 35.4. The van der Waals surface area contributed by atoms with Crippen molar-refractivity contribution in [1.82, 2.24) is 0 Å². The monoisotopic (exact) mass is 1150 g/mol. The molecular formula is C65H116O8S4. The van der Waals surface area contributed by atoms with Crippen molar-refractivity contribution in [3.8, 4) is 0 Å². The van der Waals surface area contributed by atoms with Gasteiger partial charge in [0, 0.05) is 0 Å². The van der Waals surface area contributed by atoms with E-state index in [2.05, 4.69) is 54.0 Å². The van der Waals surface area contributed by atoms with Gasteiger partial charge in [-0.1, -0.05) is 285 Å². The van der Waals surface area contributed by atoms with Crippen LogP contribution in [0.5, 0.6) is 0 Å². The van der Waals surface area contributed by atoms with Crippen LogP contribution in [0.2, 0.25) is 0 Å². The predicted molar refractivity (Wildman–Crippen MR) is 340 cm³/mol. The van der Waals surface area contributed by atoms with E-state index in [1.54, 1.807) is 0 Å². The number of thioether (sulfide) groups is 4. The summed E-state index contributed by atoms with van der Waals surface area (Å²) in [6, 6.07) is 0. The Morgan fingerprint density at radius 3 is 0.558 bits per heavy atom. The van der Waals surface area contributed by atoms with Gasteiger partial charge in [-0.15, -0.1) is 47.0 Å². The van der Waals surface area contributed by atoms with E-state index < -0.39 is 29.3 Å². The fourth-order valence-electron chi connectivity index (χ4n) is 8.82. The van der Waals surface area contributed by atoms with Crippen LogP contribution >= 0.6 is 47.0 Å². The largest absolute Gasteiger partial charge is 0.461 e. The van der Waals surface area contributed by atoms with Crippen molar-refractivity contribution in [1.29, 1.82) is 0 Å². The van der Waals surface area contributed by atoms with Crippen LogP contribution in [0.1, 0.15) is 285 Å². The van der Waals surface area contributed by atoms with Gasteiger partial charge in [-0.2, -0.15) is 0 Å². The molecule has 0 saturated heterocycles. The molecule has 0 aliphatic carbocycles. The summed E-state index contributed by atoms with van der Waals surface area (Å²) in [6.45, 7) is 23.6. The van der Waals surface area contributed by atoms with Gasteiger partial charge in [-0.25, -0.2) is 19.2 Å². The molecule has 0 aromatic heterocycles. The molecule has 0 fully saturated rings. The van der Waals surface area contributed by atoms with Gasteiger partial charge in [-0.3, -0.25) is 0 Å². The van der Waals surface area contributed by atoms with Crippen molar-refractivity contribution < 1.29 is 38.1 Å². The predicted octanol–water partition coefficient (Wildman–Crippen LogP) is 20.8. The highest BCUT2D eigenvalue weighted by Crippen LogP contribution is 2.29. The van der Waals surface area contributed by atoms with Crippen molar-refractivity contribution in [3.63, 3.8) is 0 Å². The molecule has 0 amide bonds. The Balaban J connectivity index is 5.88. The van der Waals surface area contributed by atoms with Crippen molar-refractivity contribution >= 4 is 70.9 Å². The van der Waals surface area contributed by atoms with Gasteiger partial charge in [0.2, 0.25) is 0 Å². The Morgan fingerprint density at radius 2 is 0.403 bits per heavy atom. The summed E-state index contributed by atoms with van der Waals surface area (Å²) < 4.78 is 23.7. The van der Waals surface area contributed by atoms with Gasteiger partial charge in [0.1, 0.15) is 31.8 Å². The number of esters is 4. The zero-order valence-electron chi connectivity index (χ0n) is 50.2. The molecule has 77 heavy (non-hydrogen) atoms. The fourth-order valence-corrected chi connectivity index (χ4v) is 11.9. The van der Waals surface area contributed by atoms with Gasteiger partial charge in [0.05, 0.1) is 19.6 Å². The molecule has 0 atom stereocenters. The first kappa shape index (κ1) is 75.2. The molecule has 0 spiro atoms. The Bertz CT molecular complexity index is 1300. The molecule has 0 aromatic rings. The lowest BCUT2D eigenvalue weighted by atomic mass is 9.92. The Morgan fingerprint density at radius 1 is 0.260 bits per heavy atom. The number of ether oxygens (including phenoxy) is 4. The van der Waals surface area contributed by atoms with Crippen molar-refractivity contribution in [2.45, 2.75) is 285 Å². The number of hydrogen-bond donors (Lipinski definition) is 0. The van der Waals surface area contributed by atoms with Crippen molar-refractivity contribution in [2.75, 3.05) is 49.4 Å². The van der Waals surface area contributed by atoms with Crippen LogP contribution in [0.25, 0.3) is 0 Å². The molecule has 0 bridgehead atoms. The van der Waals surface area contributed by atoms with E-state index in [0.29, 0.717) is 0 Å². The highest BCUT2D eigenvalue weighted by Gasteiger charge is 2.39. The first-order valence-electron chi connectivity index (χ1n) is 31.4. The summed E-state index contributed by atoms with van der Waals surface area (Å²) in [6.07, 6.45) is 48.9. The minimum Gasteiger partial charge on any atom is -0.461 e.